The third kappa shape index (κ3) is 4.02. The van der Waals surface area contributed by atoms with E-state index in [-0.39, 0.29) is 23.6 Å². The Morgan fingerprint density at radius 1 is 1.07 bits per heavy atom. The molecule has 0 unspecified atom stereocenters. The van der Waals surface area contributed by atoms with Gasteiger partial charge in [-0.25, -0.2) is 0 Å². The van der Waals surface area contributed by atoms with Crippen molar-refractivity contribution in [1.29, 1.82) is 0 Å². The van der Waals surface area contributed by atoms with E-state index in [9.17, 15) is 14.4 Å². The van der Waals surface area contributed by atoms with Gasteiger partial charge in [0.1, 0.15) is 6.54 Å². The number of aromatic nitrogens is 1. The van der Waals surface area contributed by atoms with Crippen LogP contribution in [0.5, 0.6) is 0 Å². The molecule has 0 spiro atoms. The summed E-state index contributed by atoms with van der Waals surface area (Å²) < 4.78 is 1.87. The zero-order valence-corrected chi connectivity index (χ0v) is 17.3. The van der Waals surface area contributed by atoms with Crippen molar-refractivity contribution in [2.24, 2.45) is 0 Å². The molecule has 1 aliphatic rings. The Morgan fingerprint density at radius 3 is 2.53 bits per heavy atom. The molecule has 1 saturated heterocycles. The minimum Gasteiger partial charge on any atom is -0.350 e. The quantitative estimate of drug-likeness (QED) is 0.613. The lowest BCUT2D eigenvalue weighted by atomic mass is 10.1. The number of benzene rings is 2. The van der Waals surface area contributed by atoms with Crippen LogP contribution in [0, 0.1) is 0 Å². The van der Waals surface area contributed by atoms with E-state index >= 15 is 0 Å². The average molecular weight is 420 g/mol. The topological polar surface area (TPSA) is 71.4 Å². The van der Waals surface area contributed by atoms with Gasteiger partial charge in [-0.15, -0.1) is 0 Å². The number of carbonyl (C=O) groups excluding carboxylic acids is 3. The number of thioether (sulfide) groups is 1. The summed E-state index contributed by atoms with van der Waals surface area (Å²) in [5.74, 6) is -0.373. The summed E-state index contributed by atoms with van der Waals surface area (Å²) in [7, 11) is 0. The number of hydrogen-bond donors (Lipinski definition) is 1. The molecule has 7 heteroatoms. The Morgan fingerprint density at radius 2 is 1.80 bits per heavy atom. The van der Waals surface area contributed by atoms with Gasteiger partial charge in [0.2, 0.25) is 5.91 Å². The fraction of sp³-hybridized carbons (Fsp3) is 0.174. The van der Waals surface area contributed by atoms with Crippen molar-refractivity contribution in [2.75, 3.05) is 6.54 Å². The maximum atomic E-state index is 12.5. The van der Waals surface area contributed by atoms with E-state index in [0.29, 0.717) is 18.0 Å². The molecule has 3 aromatic rings. The number of imide groups is 1. The lowest BCUT2D eigenvalue weighted by Gasteiger charge is -2.07. The molecule has 30 heavy (non-hydrogen) atoms. The highest BCUT2D eigenvalue weighted by Gasteiger charge is 2.33. The van der Waals surface area contributed by atoms with Crippen LogP contribution in [0.25, 0.3) is 17.0 Å². The number of hydrogen-bond acceptors (Lipinski definition) is 4. The SMILES string of the molecule is CCN1C(=O)S/C(=C\c2cn(CC(=O)NCc3ccccc3)c3ccccc23)C1=O. The Balaban J connectivity index is 1.57. The summed E-state index contributed by atoms with van der Waals surface area (Å²) in [6, 6.07) is 17.5. The monoisotopic (exact) mass is 419 g/mol. The largest absolute Gasteiger partial charge is 0.350 e. The second-order valence-corrected chi connectivity index (χ2v) is 7.91. The van der Waals surface area contributed by atoms with Gasteiger partial charge < -0.3 is 9.88 Å². The molecule has 1 N–H and O–H groups in total. The Bertz CT molecular complexity index is 1150. The Kier molecular flexibility index (Phi) is 5.72. The summed E-state index contributed by atoms with van der Waals surface area (Å²) in [4.78, 5) is 38.6. The number of para-hydroxylation sites is 1. The van der Waals surface area contributed by atoms with Crippen molar-refractivity contribution in [3.63, 3.8) is 0 Å². The van der Waals surface area contributed by atoms with Crippen LogP contribution in [0.15, 0.2) is 65.7 Å². The molecule has 1 aliphatic heterocycles. The maximum absolute atomic E-state index is 12.5. The number of fused-ring (bicyclic) bond motifs is 1. The fourth-order valence-electron chi connectivity index (χ4n) is 3.44. The minimum atomic E-state index is -0.273. The number of likely N-dealkylation sites (N-methyl/N-ethyl adjacent to an activating group) is 1. The van der Waals surface area contributed by atoms with E-state index < -0.39 is 0 Å². The lowest BCUT2D eigenvalue weighted by molar-refractivity contribution is -0.123. The highest BCUT2D eigenvalue weighted by molar-refractivity contribution is 8.18. The zero-order valence-electron chi connectivity index (χ0n) is 16.5. The highest BCUT2D eigenvalue weighted by atomic mass is 32.2. The molecular weight excluding hydrogens is 398 g/mol. The van der Waals surface area contributed by atoms with Crippen molar-refractivity contribution in [1.82, 2.24) is 14.8 Å². The zero-order chi connectivity index (χ0) is 21.1. The number of nitrogens with zero attached hydrogens (tertiary/aromatic N) is 2. The van der Waals surface area contributed by atoms with Crippen molar-refractivity contribution >= 4 is 45.8 Å². The predicted octanol–water partition coefficient (Wildman–Crippen LogP) is 4.01. The van der Waals surface area contributed by atoms with Crippen LogP contribution >= 0.6 is 11.8 Å². The van der Waals surface area contributed by atoms with Gasteiger partial charge in [-0.3, -0.25) is 19.3 Å². The number of nitrogens with one attached hydrogen (secondary N) is 1. The summed E-state index contributed by atoms with van der Waals surface area (Å²) in [6.45, 7) is 2.76. The summed E-state index contributed by atoms with van der Waals surface area (Å²) >= 11 is 0.949. The van der Waals surface area contributed by atoms with Crippen molar-refractivity contribution in [2.45, 2.75) is 20.0 Å². The van der Waals surface area contributed by atoms with Gasteiger partial charge in [0, 0.05) is 35.8 Å². The molecule has 1 fully saturated rings. The van der Waals surface area contributed by atoms with Crippen LogP contribution in [0.3, 0.4) is 0 Å². The van der Waals surface area contributed by atoms with Crippen LogP contribution in [-0.4, -0.2) is 33.1 Å². The molecule has 6 nitrogen and oxygen atoms in total. The average Bonchev–Trinajstić information content (AvgIpc) is 3.24. The van der Waals surface area contributed by atoms with Crippen LogP contribution in [-0.2, 0) is 22.7 Å². The molecule has 3 amide bonds. The van der Waals surface area contributed by atoms with Crippen molar-refractivity contribution in [3.8, 4) is 0 Å². The van der Waals surface area contributed by atoms with Crippen LogP contribution in [0.2, 0.25) is 0 Å². The molecule has 2 heterocycles. The second-order valence-electron chi connectivity index (χ2n) is 6.92. The van der Waals surface area contributed by atoms with E-state index in [0.717, 1.165) is 33.8 Å². The smallest absolute Gasteiger partial charge is 0.293 e. The number of amides is 3. The van der Waals surface area contributed by atoms with E-state index in [4.69, 9.17) is 0 Å². The Labute approximate surface area is 178 Å². The van der Waals surface area contributed by atoms with Crippen molar-refractivity contribution < 1.29 is 14.4 Å². The first-order valence-electron chi connectivity index (χ1n) is 9.70. The molecule has 0 radical (unpaired) electrons. The molecule has 2 aromatic carbocycles. The molecule has 152 valence electrons. The predicted molar refractivity (Wildman–Crippen MR) is 119 cm³/mol. The Hall–Kier alpha value is -3.32. The summed E-state index contributed by atoms with van der Waals surface area (Å²) in [5.41, 5.74) is 2.74. The van der Waals surface area contributed by atoms with Crippen molar-refractivity contribution in [3.05, 3.63) is 76.8 Å². The van der Waals surface area contributed by atoms with Gasteiger partial charge in [0.05, 0.1) is 4.91 Å². The van der Waals surface area contributed by atoms with Gasteiger partial charge in [-0.2, -0.15) is 0 Å². The third-order valence-corrected chi connectivity index (χ3v) is 5.85. The van der Waals surface area contributed by atoms with Gasteiger partial charge in [-0.1, -0.05) is 48.5 Å². The molecule has 0 atom stereocenters. The van der Waals surface area contributed by atoms with Gasteiger partial charge in [0.15, 0.2) is 0 Å². The standard InChI is InChI=1S/C23H21N3O3S/c1-2-26-22(28)20(30-23(26)29)12-17-14-25(19-11-7-6-10-18(17)19)15-21(27)24-13-16-8-4-3-5-9-16/h3-12,14H,2,13,15H2,1H3,(H,24,27)/b20-12-. The minimum absolute atomic E-state index is 0.0996. The first-order chi connectivity index (χ1) is 14.6. The molecule has 1 aromatic heterocycles. The summed E-state index contributed by atoms with van der Waals surface area (Å²) in [5, 5.41) is 3.61. The second kappa shape index (κ2) is 8.59. The maximum Gasteiger partial charge on any atom is 0.293 e. The normalized spacial score (nSPS) is 15.4. The lowest BCUT2D eigenvalue weighted by Crippen LogP contribution is -2.27. The number of rotatable bonds is 6. The van der Waals surface area contributed by atoms with E-state index in [1.54, 1.807) is 13.0 Å². The van der Waals surface area contributed by atoms with Crippen LogP contribution in [0.1, 0.15) is 18.1 Å². The van der Waals surface area contributed by atoms with E-state index in [1.807, 2.05) is 65.4 Å². The highest BCUT2D eigenvalue weighted by Crippen LogP contribution is 2.33. The number of carbonyl (C=O) groups is 3. The first-order valence-corrected chi connectivity index (χ1v) is 10.5. The van der Waals surface area contributed by atoms with Crippen LogP contribution < -0.4 is 5.32 Å². The van der Waals surface area contributed by atoms with Gasteiger partial charge >= 0.3 is 0 Å². The molecule has 4 rings (SSSR count). The van der Waals surface area contributed by atoms with Gasteiger partial charge in [-0.05, 0) is 36.4 Å². The van der Waals surface area contributed by atoms with E-state index in [1.165, 1.54) is 4.90 Å². The molecule has 0 aliphatic carbocycles. The molecule has 0 saturated carbocycles. The van der Waals surface area contributed by atoms with Gasteiger partial charge in [0.25, 0.3) is 11.1 Å². The first kappa shape index (κ1) is 20.0. The van der Waals surface area contributed by atoms with E-state index in [2.05, 4.69) is 5.32 Å². The van der Waals surface area contributed by atoms with Crippen LogP contribution in [0.4, 0.5) is 4.79 Å². The molecule has 0 bridgehead atoms. The third-order valence-electron chi connectivity index (χ3n) is 4.94. The summed E-state index contributed by atoms with van der Waals surface area (Å²) in [6.07, 6.45) is 3.59. The fourth-order valence-corrected chi connectivity index (χ4v) is 4.34. The molecular formula is C23H21N3O3S.